The molecule has 8 nitrogen and oxygen atoms in total. The van der Waals surface area contributed by atoms with Gasteiger partial charge in [0.05, 0.1) is 18.1 Å². The standard InChI is InChI=1S/C19H22N6O2/c20-16(26)13-8-21-9-14(22-13)25-7-1-5-19(10-25)6-4-12-15(19)23-17(11-2-3-11)24-18(12)27/h8-9,11H,1-7,10H2,(H2,20,26)(H,23,24,27). The van der Waals surface area contributed by atoms with Gasteiger partial charge in [-0.05, 0) is 38.5 Å². The number of nitrogens with zero attached hydrogens (tertiary/aromatic N) is 4. The normalized spacial score (nSPS) is 24.2. The van der Waals surface area contributed by atoms with Gasteiger partial charge >= 0.3 is 0 Å². The number of aromatic amines is 1. The highest BCUT2D eigenvalue weighted by Crippen LogP contribution is 2.45. The number of carbonyl (C=O) groups is 1. The van der Waals surface area contributed by atoms with Crippen molar-refractivity contribution in [2.45, 2.75) is 49.9 Å². The maximum absolute atomic E-state index is 12.6. The highest BCUT2D eigenvalue weighted by Gasteiger charge is 2.45. The molecule has 1 aliphatic heterocycles. The Kier molecular flexibility index (Phi) is 3.57. The second-order valence-corrected chi connectivity index (χ2v) is 7.98. The third-order valence-electron chi connectivity index (χ3n) is 6.13. The Morgan fingerprint density at radius 1 is 1.26 bits per heavy atom. The Morgan fingerprint density at radius 3 is 2.89 bits per heavy atom. The van der Waals surface area contributed by atoms with E-state index in [1.54, 1.807) is 6.20 Å². The Bertz CT molecular complexity index is 982. The van der Waals surface area contributed by atoms with Crippen LogP contribution < -0.4 is 16.2 Å². The van der Waals surface area contributed by atoms with Gasteiger partial charge in [0.25, 0.3) is 11.5 Å². The zero-order valence-corrected chi connectivity index (χ0v) is 15.1. The van der Waals surface area contributed by atoms with Gasteiger partial charge in [0.15, 0.2) is 0 Å². The van der Waals surface area contributed by atoms with Gasteiger partial charge in [-0.2, -0.15) is 0 Å². The van der Waals surface area contributed by atoms with Gasteiger partial charge < -0.3 is 15.6 Å². The smallest absolute Gasteiger partial charge is 0.268 e. The molecule has 2 aliphatic carbocycles. The Hall–Kier alpha value is -2.77. The van der Waals surface area contributed by atoms with Gasteiger partial charge in [-0.15, -0.1) is 0 Å². The molecule has 5 rings (SSSR count). The molecule has 27 heavy (non-hydrogen) atoms. The van der Waals surface area contributed by atoms with Crippen LogP contribution in [-0.4, -0.2) is 38.9 Å². The third kappa shape index (κ3) is 2.70. The van der Waals surface area contributed by atoms with Crippen molar-refractivity contribution >= 4 is 11.7 Å². The van der Waals surface area contributed by atoms with Crippen molar-refractivity contribution in [1.29, 1.82) is 0 Å². The van der Waals surface area contributed by atoms with Crippen LogP contribution in [0.4, 0.5) is 5.82 Å². The molecule has 0 aromatic carbocycles. The average Bonchev–Trinajstić information content (AvgIpc) is 3.47. The van der Waals surface area contributed by atoms with Crippen LogP contribution in [0.1, 0.15) is 65.6 Å². The van der Waals surface area contributed by atoms with E-state index in [0.717, 1.165) is 68.7 Å². The fourth-order valence-corrected chi connectivity index (χ4v) is 4.57. The van der Waals surface area contributed by atoms with E-state index in [1.807, 2.05) is 0 Å². The van der Waals surface area contributed by atoms with Gasteiger partial charge in [0.2, 0.25) is 0 Å². The van der Waals surface area contributed by atoms with Gasteiger partial charge in [-0.3, -0.25) is 14.6 Å². The number of hydrogen-bond acceptors (Lipinski definition) is 6. The number of piperidine rings is 1. The first-order chi connectivity index (χ1) is 13.1. The van der Waals surface area contributed by atoms with Gasteiger partial charge in [0, 0.05) is 30.0 Å². The maximum atomic E-state index is 12.6. The Morgan fingerprint density at radius 2 is 2.11 bits per heavy atom. The monoisotopic (exact) mass is 366 g/mol. The Labute approximate surface area is 156 Å². The van der Waals surface area contributed by atoms with E-state index in [9.17, 15) is 9.59 Å². The average molecular weight is 366 g/mol. The maximum Gasteiger partial charge on any atom is 0.268 e. The van der Waals surface area contributed by atoms with Crippen LogP contribution in [0.25, 0.3) is 0 Å². The summed E-state index contributed by atoms with van der Waals surface area (Å²) in [6.07, 6.45) is 8.96. The molecular formula is C19H22N6O2. The van der Waals surface area contributed by atoms with Crippen molar-refractivity contribution in [3.05, 3.63) is 45.5 Å². The van der Waals surface area contributed by atoms with Crippen LogP contribution in [0.2, 0.25) is 0 Å². The number of fused-ring (bicyclic) bond motifs is 2. The first-order valence-corrected chi connectivity index (χ1v) is 9.56. The molecule has 2 fully saturated rings. The molecule has 140 valence electrons. The zero-order chi connectivity index (χ0) is 18.6. The molecule has 2 aromatic rings. The summed E-state index contributed by atoms with van der Waals surface area (Å²) in [5, 5.41) is 0. The second kappa shape index (κ2) is 5.87. The molecule has 0 radical (unpaired) electrons. The van der Waals surface area contributed by atoms with Crippen molar-refractivity contribution in [1.82, 2.24) is 19.9 Å². The molecule has 1 amide bonds. The second-order valence-electron chi connectivity index (χ2n) is 7.98. The minimum absolute atomic E-state index is 0.0337. The molecule has 1 saturated carbocycles. The van der Waals surface area contributed by atoms with E-state index in [0.29, 0.717) is 11.7 Å². The predicted octanol–water partition coefficient (Wildman–Crippen LogP) is 1.02. The number of nitrogens with one attached hydrogen (secondary N) is 1. The van der Waals surface area contributed by atoms with Gasteiger partial charge in [-0.1, -0.05) is 0 Å². The summed E-state index contributed by atoms with van der Waals surface area (Å²) in [5.74, 6) is 1.35. The largest absolute Gasteiger partial charge is 0.364 e. The molecule has 1 spiro atoms. The minimum atomic E-state index is -0.579. The molecule has 3 heterocycles. The van der Waals surface area contributed by atoms with E-state index < -0.39 is 5.91 Å². The lowest BCUT2D eigenvalue weighted by atomic mass is 9.77. The van der Waals surface area contributed by atoms with Crippen molar-refractivity contribution in [2.24, 2.45) is 5.73 Å². The number of hydrogen-bond donors (Lipinski definition) is 2. The van der Waals surface area contributed by atoms with E-state index in [1.165, 1.54) is 6.20 Å². The first kappa shape index (κ1) is 16.4. The van der Waals surface area contributed by atoms with Crippen LogP contribution in [-0.2, 0) is 11.8 Å². The highest BCUT2D eigenvalue weighted by atomic mass is 16.1. The zero-order valence-electron chi connectivity index (χ0n) is 15.1. The van der Waals surface area contributed by atoms with Crippen LogP contribution in [0.3, 0.4) is 0 Å². The molecule has 1 atom stereocenters. The fraction of sp³-hybridized carbons (Fsp3) is 0.526. The molecule has 1 unspecified atom stereocenters. The highest BCUT2D eigenvalue weighted by molar-refractivity contribution is 5.90. The summed E-state index contributed by atoms with van der Waals surface area (Å²) in [6, 6.07) is 0. The summed E-state index contributed by atoms with van der Waals surface area (Å²) < 4.78 is 0. The number of H-pyrrole nitrogens is 1. The molecule has 0 bridgehead atoms. The van der Waals surface area contributed by atoms with E-state index >= 15 is 0 Å². The number of rotatable bonds is 3. The lowest BCUT2D eigenvalue weighted by molar-refractivity contribution is 0.0995. The summed E-state index contributed by atoms with van der Waals surface area (Å²) in [6.45, 7) is 1.57. The van der Waals surface area contributed by atoms with Crippen molar-refractivity contribution in [3.63, 3.8) is 0 Å². The lowest BCUT2D eigenvalue weighted by Crippen LogP contribution is -2.46. The number of nitrogens with two attached hydrogens (primary N) is 1. The molecule has 3 N–H and O–H groups in total. The number of aromatic nitrogens is 4. The number of primary amides is 1. The summed E-state index contributed by atoms with van der Waals surface area (Å²) >= 11 is 0. The Balaban J connectivity index is 1.51. The molecule has 8 heteroatoms. The SMILES string of the molecule is NC(=O)c1cncc(N2CCCC3(CCc4c3nc(C3CC3)[nH]c4=O)C2)n1. The summed E-state index contributed by atoms with van der Waals surface area (Å²) in [5.41, 5.74) is 7.25. The van der Waals surface area contributed by atoms with Crippen molar-refractivity contribution < 1.29 is 4.79 Å². The first-order valence-electron chi connectivity index (χ1n) is 9.56. The predicted molar refractivity (Wildman–Crippen MR) is 98.8 cm³/mol. The fourth-order valence-electron chi connectivity index (χ4n) is 4.57. The van der Waals surface area contributed by atoms with E-state index in [-0.39, 0.29) is 16.7 Å². The summed E-state index contributed by atoms with van der Waals surface area (Å²) in [4.78, 5) is 42.6. The van der Waals surface area contributed by atoms with E-state index in [4.69, 9.17) is 10.7 Å². The molecule has 2 aromatic heterocycles. The quantitative estimate of drug-likeness (QED) is 0.837. The number of amides is 1. The molecule has 1 saturated heterocycles. The van der Waals surface area contributed by atoms with Crippen LogP contribution in [0.15, 0.2) is 17.2 Å². The van der Waals surface area contributed by atoms with Crippen molar-refractivity contribution in [2.75, 3.05) is 18.0 Å². The number of carbonyl (C=O) groups excluding carboxylic acids is 1. The van der Waals surface area contributed by atoms with Crippen LogP contribution in [0, 0.1) is 0 Å². The van der Waals surface area contributed by atoms with Crippen molar-refractivity contribution in [3.8, 4) is 0 Å². The summed E-state index contributed by atoms with van der Waals surface area (Å²) in [7, 11) is 0. The van der Waals surface area contributed by atoms with Crippen LogP contribution >= 0.6 is 0 Å². The topological polar surface area (TPSA) is 118 Å². The minimum Gasteiger partial charge on any atom is -0.364 e. The molecule has 3 aliphatic rings. The van der Waals surface area contributed by atoms with E-state index in [2.05, 4.69) is 19.9 Å². The van der Waals surface area contributed by atoms with Gasteiger partial charge in [-0.25, -0.2) is 9.97 Å². The third-order valence-corrected chi connectivity index (χ3v) is 6.13. The number of anilines is 1. The lowest BCUT2D eigenvalue weighted by Gasteiger charge is -2.41. The molecular weight excluding hydrogens is 344 g/mol. The van der Waals surface area contributed by atoms with Crippen LogP contribution in [0.5, 0.6) is 0 Å². The van der Waals surface area contributed by atoms with Gasteiger partial charge in [0.1, 0.15) is 17.3 Å².